The number of guanidine groups is 1. The van der Waals surface area contributed by atoms with E-state index in [1.54, 1.807) is 11.8 Å². The van der Waals surface area contributed by atoms with Crippen LogP contribution in [0.4, 0.5) is 0 Å². The predicted molar refractivity (Wildman–Crippen MR) is 62.4 cm³/mol. The van der Waals surface area contributed by atoms with E-state index < -0.39 is 0 Å². The predicted octanol–water partition coefficient (Wildman–Crippen LogP) is 1.44. The van der Waals surface area contributed by atoms with E-state index in [2.05, 4.69) is 44.3 Å². The Bertz CT molecular complexity index is 172. The molecule has 3 nitrogen and oxygen atoms in total. The first-order valence-electron chi connectivity index (χ1n) is 4.45. The summed E-state index contributed by atoms with van der Waals surface area (Å²) in [6, 6.07) is 0.282. The van der Waals surface area contributed by atoms with Gasteiger partial charge in [0.25, 0.3) is 0 Å². The Balaban J connectivity index is 4.01. The molecule has 0 heterocycles. The molecule has 13 heavy (non-hydrogen) atoms. The summed E-state index contributed by atoms with van der Waals surface area (Å²) in [5.41, 5.74) is 5.71. The van der Waals surface area contributed by atoms with E-state index in [1.807, 2.05) is 0 Å². The minimum atomic E-state index is -0.00728. The summed E-state index contributed by atoms with van der Waals surface area (Å²) in [4.78, 5) is 4.31. The van der Waals surface area contributed by atoms with Gasteiger partial charge in [0.15, 0.2) is 5.96 Å². The van der Waals surface area contributed by atoms with Gasteiger partial charge in [-0.3, -0.25) is 0 Å². The summed E-state index contributed by atoms with van der Waals surface area (Å²) in [5, 5.41) is 3.13. The second-order valence-electron chi connectivity index (χ2n) is 4.19. The minimum absolute atomic E-state index is 0.00728. The molecule has 0 bridgehead atoms. The fraction of sp³-hybridized carbons (Fsp3) is 0.889. The molecule has 0 aliphatic carbocycles. The highest BCUT2D eigenvalue weighted by molar-refractivity contribution is 7.98. The molecule has 0 aromatic heterocycles. The molecule has 0 aromatic rings. The molecule has 0 spiro atoms. The van der Waals surface area contributed by atoms with E-state index >= 15 is 0 Å². The molecule has 78 valence electrons. The first kappa shape index (κ1) is 12.6. The highest BCUT2D eigenvalue weighted by atomic mass is 32.2. The molecule has 4 heteroatoms. The van der Waals surface area contributed by atoms with Gasteiger partial charge in [-0.15, -0.1) is 0 Å². The zero-order valence-electron chi connectivity index (χ0n) is 9.22. The van der Waals surface area contributed by atoms with Crippen LogP contribution in [0.5, 0.6) is 0 Å². The van der Waals surface area contributed by atoms with Crippen LogP contribution in [0, 0.1) is 0 Å². The second kappa shape index (κ2) is 5.37. The molecule has 0 radical (unpaired) electrons. The van der Waals surface area contributed by atoms with Gasteiger partial charge in [0.05, 0.1) is 6.04 Å². The molecule has 0 rings (SSSR count). The number of nitrogens with one attached hydrogen (secondary N) is 1. The van der Waals surface area contributed by atoms with Crippen molar-refractivity contribution in [2.45, 2.75) is 39.3 Å². The van der Waals surface area contributed by atoms with Crippen LogP contribution in [0.1, 0.15) is 27.7 Å². The third-order valence-corrected chi connectivity index (χ3v) is 2.09. The number of thioether (sulfide) groups is 1. The molecule has 0 amide bonds. The SMILES string of the molecule is CSCC(C)N=C(N)NC(C)(C)C. The normalized spacial score (nSPS) is 15.6. The smallest absolute Gasteiger partial charge is 0.189 e. The average Bonchev–Trinajstić information content (AvgIpc) is 1.81. The van der Waals surface area contributed by atoms with Crippen LogP contribution in [-0.4, -0.2) is 29.5 Å². The minimum Gasteiger partial charge on any atom is -0.370 e. The Labute approximate surface area is 85.6 Å². The zero-order valence-corrected chi connectivity index (χ0v) is 10.0. The topological polar surface area (TPSA) is 50.4 Å². The Hall–Kier alpha value is -0.380. The van der Waals surface area contributed by atoms with Gasteiger partial charge >= 0.3 is 0 Å². The number of rotatable bonds is 3. The lowest BCUT2D eigenvalue weighted by Crippen LogP contribution is -2.45. The van der Waals surface area contributed by atoms with Crippen molar-refractivity contribution in [2.75, 3.05) is 12.0 Å². The van der Waals surface area contributed by atoms with E-state index in [-0.39, 0.29) is 11.6 Å². The fourth-order valence-corrected chi connectivity index (χ4v) is 1.49. The van der Waals surface area contributed by atoms with Crippen molar-refractivity contribution in [1.29, 1.82) is 0 Å². The van der Waals surface area contributed by atoms with Gasteiger partial charge < -0.3 is 11.1 Å². The first-order chi connectivity index (χ1) is 5.85. The molecular weight excluding hydrogens is 182 g/mol. The number of nitrogens with zero attached hydrogens (tertiary/aromatic N) is 1. The molecule has 0 fully saturated rings. The second-order valence-corrected chi connectivity index (χ2v) is 5.10. The maximum atomic E-state index is 5.72. The van der Waals surface area contributed by atoms with E-state index in [1.165, 1.54) is 0 Å². The van der Waals surface area contributed by atoms with Crippen LogP contribution in [0.3, 0.4) is 0 Å². The number of aliphatic imine (C=N–C) groups is 1. The number of hydrogen-bond donors (Lipinski definition) is 2. The van der Waals surface area contributed by atoms with Crippen molar-refractivity contribution in [1.82, 2.24) is 5.32 Å². The third-order valence-electron chi connectivity index (χ3n) is 1.27. The van der Waals surface area contributed by atoms with Crippen molar-refractivity contribution < 1.29 is 0 Å². The van der Waals surface area contributed by atoms with E-state index in [9.17, 15) is 0 Å². The van der Waals surface area contributed by atoms with Crippen LogP contribution < -0.4 is 11.1 Å². The van der Waals surface area contributed by atoms with Gasteiger partial charge in [-0.2, -0.15) is 11.8 Å². The van der Waals surface area contributed by atoms with Crippen molar-refractivity contribution in [2.24, 2.45) is 10.7 Å². The van der Waals surface area contributed by atoms with Crippen molar-refractivity contribution in [3.8, 4) is 0 Å². The van der Waals surface area contributed by atoms with Gasteiger partial charge in [-0.05, 0) is 34.0 Å². The van der Waals surface area contributed by atoms with Gasteiger partial charge in [-0.25, -0.2) is 4.99 Å². The number of hydrogen-bond acceptors (Lipinski definition) is 2. The summed E-state index contributed by atoms with van der Waals surface area (Å²) in [5.74, 6) is 1.54. The quantitative estimate of drug-likeness (QED) is 0.539. The molecule has 1 atom stereocenters. The van der Waals surface area contributed by atoms with Gasteiger partial charge in [0, 0.05) is 11.3 Å². The van der Waals surface area contributed by atoms with Crippen LogP contribution in [0.25, 0.3) is 0 Å². The fourth-order valence-electron chi connectivity index (χ4n) is 0.932. The van der Waals surface area contributed by atoms with Crippen molar-refractivity contribution >= 4 is 17.7 Å². The molecule has 0 aromatic carbocycles. The highest BCUT2D eigenvalue weighted by Crippen LogP contribution is 2.01. The lowest BCUT2D eigenvalue weighted by Gasteiger charge is -2.21. The zero-order chi connectivity index (χ0) is 10.5. The van der Waals surface area contributed by atoms with Gasteiger partial charge in [0.2, 0.25) is 0 Å². The molecule has 3 N–H and O–H groups in total. The summed E-state index contributed by atoms with van der Waals surface area (Å²) in [7, 11) is 0. The molecule has 1 unspecified atom stereocenters. The molecule has 0 saturated heterocycles. The lowest BCUT2D eigenvalue weighted by molar-refractivity contribution is 0.507. The highest BCUT2D eigenvalue weighted by Gasteiger charge is 2.10. The van der Waals surface area contributed by atoms with Crippen LogP contribution >= 0.6 is 11.8 Å². The molecule has 0 aliphatic heterocycles. The summed E-state index contributed by atoms with van der Waals surface area (Å²) < 4.78 is 0. The lowest BCUT2D eigenvalue weighted by atomic mass is 10.1. The summed E-state index contributed by atoms with van der Waals surface area (Å²) in [6.45, 7) is 8.26. The van der Waals surface area contributed by atoms with Crippen LogP contribution in [0.15, 0.2) is 4.99 Å². The van der Waals surface area contributed by atoms with Crippen LogP contribution in [-0.2, 0) is 0 Å². The number of nitrogens with two attached hydrogens (primary N) is 1. The van der Waals surface area contributed by atoms with E-state index in [0.717, 1.165) is 5.75 Å². The Morgan fingerprint density at radius 2 is 2.08 bits per heavy atom. The van der Waals surface area contributed by atoms with Crippen LogP contribution in [0.2, 0.25) is 0 Å². The van der Waals surface area contributed by atoms with Gasteiger partial charge in [0.1, 0.15) is 0 Å². The maximum Gasteiger partial charge on any atom is 0.189 e. The average molecular weight is 203 g/mol. The Kier molecular flexibility index (Phi) is 5.21. The standard InChI is InChI=1S/C9H21N3S/c1-7(6-13-5)11-8(10)12-9(2,3)4/h7H,6H2,1-5H3,(H3,10,11,12). The van der Waals surface area contributed by atoms with E-state index in [0.29, 0.717) is 5.96 Å². The molecular formula is C9H21N3S. The molecule has 0 aliphatic rings. The summed E-state index contributed by atoms with van der Waals surface area (Å²) >= 11 is 1.78. The Morgan fingerprint density at radius 1 is 1.54 bits per heavy atom. The molecule has 0 saturated carbocycles. The van der Waals surface area contributed by atoms with E-state index in [4.69, 9.17) is 5.73 Å². The maximum absolute atomic E-state index is 5.72. The van der Waals surface area contributed by atoms with Crippen molar-refractivity contribution in [3.63, 3.8) is 0 Å². The monoisotopic (exact) mass is 203 g/mol. The first-order valence-corrected chi connectivity index (χ1v) is 5.85. The summed E-state index contributed by atoms with van der Waals surface area (Å²) in [6.07, 6.45) is 2.07. The van der Waals surface area contributed by atoms with Crippen molar-refractivity contribution in [3.05, 3.63) is 0 Å². The third kappa shape index (κ3) is 7.96. The largest absolute Gasteiger partial charge is 0.370 e. The Morgan fingerprint density at radius 3 is 2.46 bits per heavy atom. The van der Waals surface area contributed by atoms with Gasteiger partial charge in [-0.1, -0.05) is 0 Å².